The second-order valence-electron chi connectivity index (χ2n) is 19.2. The van der Waals surface area contributed by atoms with Gasteiger partial charge in [0.2, 0.25) is 0 Å². The van der Waals surface area contributed by atoms with Crippen LogP contribution in [0.25, 0.3) is 0 Å². The third-order valence-corrected chi connectivity index (χ3v) is 16.4. The molecule has 4 saturated carbocycles. The van der Waals surface area contributed by atoms with Crippen molar-refractivity contribution in [2.45, 2.75) is 170 Å². The first-order chi connectivity index (χ1) is 23.1. The number of rotatable bonds is 11. The Kier molecular flexibility index (Phi) is 10.6. The molecule has 5 aliphatic carbocycles. The number of allylic oxidation sites excluding steroid dienone is 2. The van der Waals surface area contributed by atoms with E-state index < -0.39 is 5.79 Å². The second kappa shape index (κ2) is 13.8. The minimum atomic E-state index is -0.625. The summed E-state index contributed by atoms with van der Waals surface area (Å²) in [5.41, 5.74) is 1.31. The molecule has 0 aromatic rings. The topological polar surface area (TPSA) is 63.2 Å². The Bertz CT molecular complexity index is 1230. The van der Waals surface area contributed by atoms with Crippen LogP contribution in [0.1, 0.15) is 152 Å². The largest absolute Gasteiger partial charge is 0.469 e. The Hall–Kier alpha value is -0.950. The average Bonchev–Trinajstić information content (AvgIpc) is 3.06. The molecule has 6 heteroatoms. The van der Waals surface area contributed by atoms with E-state index in [1.54, 1.807) is 12.7 Å². The van der Waals surface area contributed by atoms with Crippen molar-refractivity contribution >= 4 is 5.97 Å². The highest BCUT2D eigenvalue weighted by molar-refractivity contribution is 5.78. The molecule has 0 radical (unpaired) electrons. The molecule has 1 saturated heterocycles. The van der Waals surface area contributed by atoms with Crippen LogP contribution in [-0.4, -0.2) is 51.1 Å². The molecule has 0 bridgehead atoms. The Balaban J connectivity index is 1.28. The van der Waals surface area contributed by atoms with E-state index >= 15 is 0 Å². The lowest BCUT2D eigenvalue weighted by atomic mass is 9.33. The number of ether oxygens (including phenoxy) is 5. The first-order valence-corrected chi connectivity index (χ1v) is 20.4. The molecule has 49 heavy (non-hydrogen) atoms. The molecule has 0 amide bonds. The standard InChI is InChI=1S/C43H72O6/c1-11-12-13-14-15-16-25-46-28-47-32-26-39(6)33(40(7)27-48-38(4,5)49-36(32)40)20-21-42(9)34(39)18-17-31-35-30(3)29(2)19-22-43(35,37(44)45-10)24-23-41(31,42)8/h17,29-30,32-36H,11-16,18-28H2,1-10H3/t29-,30+,32?,33?,34?,35?,36?,39+,40?,41-,42-,43+/m1/s1. The number of hydrogen-bond donors (Lipinski definition) is 0. The van der Waals surface area contributed by atoms with Gasteiger partial charge in [0.1, 0.15) is 6.79 Å². The van der Waals surface area contributed by atoms with Crippen molar-refractivity contribution in [2.24, 2.45) is 56.7 Å². The van der Waals surface area contributed by atoms with Crippen LogP contribution in [0.4, 0.5) is 0 Å². The van der Waals surface area contributed by atoms with Gasteiger partial charge in [-0.15, -0.1) is 0 Å². The quantitative estimate of drug-likeness (QED) is 0.0934. The molecule has 0 spiro atoms. The molecule has 280 valence electrons. The van der Waals surface area contributed by atoms with E-state index in [0.29, 0.717) is 37.1 Å². The monoisotopic (exact) mass is 685 g/mol. The fourth-order valence-corrected chi connectivity index (χ4v) is 13.3. The van der Waals surface area contributed by atoms with Crippen LogP contribution in [0.15, 0.2) is 11.6 Å². The molecule has 6 unspecified atom stereocenters. The average molecular weight is 685 g/mol. The zero-order valence-corrected chi connectivity index (χ0v) is 33.1. The van der Waals surface area contributed by atoms with Crippen molar-refractivity contribution in [2.75, 3.05) is 27.1 Å². The summed E-state index contributed by atoms with van der Waals surface area (Å²) in [6.07, 6.45) is 18.6. The predicted molar refractivity (Wildman–Crippen MR) is 195 cm³/mol. The summed E-state index contributed by atoms with van der Waals surface area (Å²) >= 11 is 0. The first-order valence-electron chi connectivity index (χ1n) is 20.4. The molecule has 0 aromatic heterocycles. The third-order valence-electron chi connectivity index (χ3n) is 16.4. The van der Waals surface area contributed by atoms with Gasteiger partial charge in [0.15, 0.2) is 5.79 Å². The van der Waals surface area contributed by atoms with Crippen molar-refractivity contribution in [3.8, 4) is 0 Å². The van der Waals surface area contributed by atoms with Crippen molar-refractivity contribution in [1.29, 1.82) is 0 Å². The molecule has 5 fully saturated rings. The van der Waals surface area contributed by atoms with Gasteiger partial charge in [0.05, 0.1) is 31.3 Å². The number of carbonyl (C=O) groups excluding carboxylic acids is 1. The Morgan fingerprint density at radius 3 is 2.37 bits per heavy atom. The van der Waals surface area contributed by atoms with Crippen LogP contribution in [0, 0.1) is 56.7 Å². The number of unbranched alkanes of at least 4 members (excludes halogenated alkanes) is 5. The lowest BCUT2D eigenvalue weighted by Crippen LogP contribution is -2.71. The Morgan fingerprint density at radius 2 is 1.63 bits per heavy atom. The van der Waals surface area contributed by atoms with Gasteiger partial charge in [0.25, 0.3) is 0 Å². The SMILES string of the molecule is CCCCCCCCOCOC1C[C@@]2(C)C(CC[C@]3(C)C2CC=C2C4[C@@H](C)[C@H](C)CC[C@]4(C(=O)OC)CC[C@]23C)C2(C)COC(C)(C)OC12. The summed E-state index contributed by atoms with van der Waals surface area (Å²) in [6.45, 7) is 23.3. The zero-order valence-electron chi connectivity index (χ0n) is 33.1. The molecule has 1 aliphatic heterocycles. The van der Waals surface area contributed by atoms with Crippen LogP contribution >= 0.6 is 0 Å². The van der Waals surface area contributed by atoms with Gasteiger partial charge >= 0.3 is 5.97 Å². The van der Waals surface area contributed by atoms with Crippen LogP contribution < -0.4 is 0 Å². The number of hydrogen-bond acceptors (Lipinski definition) is 6. The van der Waals surface area contributed by atoms with E-state index in [0.717, 1.165) is 51.6 Å². The maximum absolute atomic E-state index is 13.7. The predicted octanol–water partition coefficient (Wildman–Crippen LogP) is 10.3. The number of methoxy groups -OCH3 is 1. The summed E-state index contributed by atoms with van der Waals surface area (Å²) in [4.78, 5) is 13.7. The first kappa shape index (κ1) is 37.8. The van der Waals surface area contributed by atoms with Crippen molar-refractivity contribution in [3.63, 3.8) is 0 Å². The number of fused-ring (bicyclic) bond motifs is 9. The normalized spacial score (nSPS) is 47.1. The molecular weight excluding hydrogens is 612 g/mol. The second-order valence-corrected chi connectivity index (χ2v) is 19.2. The number of esters is 1. The van der Waals surface area contributed by atoms with Gasteiger partial charge in [-0.1, -0.05) is 92.2 Å². The van der Waals surface area contributed by atoms with E-state index in [9.17, 15) is 4.79 Å². The summed E-state index contributed by atoms with van der Waals surface area (Å²) < 4.78 is 31.9. The van der Waals surface area contributed by atoms with Crippen LogP contribution in [0.5, 0.6) is 0 Å². The summed E-state index contributed by atoms with van der Waals surface area (Å²) in [6, 6.07) is 0. The van der Waals surface area contributed by atoms with Gasteiger partial charge in [0, 0.05) is 12.0 Å². The number of carbonyl (C=O) groups is 1. The summed E-state index contributed by atoms with van der Waals surface area (Å²) in [7, 11) is 1.61. The smallest absolute Gasteiger partial charge is 0.312 e. The molecule has 6 nitrogen and oxygen atoms in total. The molecule has 6 rings (SSSR count). The van der Waals surface area contributed by atoms with E-state index in [2.05, 4.69) is 68.4 Å². The Labute approximate surface area is 299 Å². The molecule has 6 aliphatic rings. The fourth-order valence-electron chi connectivity index (χ4n) is 13.3. The maximum Gasteiger partial charge on any atom is 0.312 e. The van der Waals surface area contributed by atoms with Crippen molar-refractivity contribution in [1.82, 2.24) is 0 Å². The zero-order chi connectivity index (χ0) is 35.5. The van der Waals surface area contributed by atoms with Gasteiger partial charge in [-0.05, 0) is 117 Å². The van der Waals surface area contributed by atoms with Crippen molar-refractivity contribution in [3.05, 3.63) is 11.6 Å². The molecule has 12 atom stereocenters. The van der Waals surface area contributed by atoms with E-state index in [1.165, 1.54) is 44.9 Å². The van der Waals surface area contributed by atoms with Crippen LogP contribution in [0.3, 0.4) is 0 Å². The fraction of sp³-hybridized carbons (Fsp3) is 0.930. The van der Waals surface area contributed by atoms with Crippen LogP contribution in [0.2, 0.25) is 0 Å². The van der Waals surface area contributed by atoms with Crippen LogP contribution in [-0.2, 0) is 28.5 Å². The molecule has 0 aromatic carbocycles. The Morgan fingerprint density at radius 1 is 0.898 bits per heavy atom. The minimum Gasteiger partial charge on any atom is -0.469 e. The summed E-state index contributed by atoms with van der Waals surface area (Å²) in [5, 5.41) is 0. The third kappa shape index (κ3) is 6.01. The van der Waals surface area contributed by atoms with Gasteiger partial charge in [-0.2, -0.15) is 0 Å². The van der Waals surface area contributed by atoms with E-state index in [4.69, 9.17) is 23.7 Å². The highest BCUT2D eigenvalue weighted by Crippen LogP contribution is 2.76. The van der Waals surface area contributed by atoms with Gasteiger partial charge in [-0.25, -0.2) is 0 Å². The molecule has 1 heterocycles. The van der Waals surface area contributed by atoms with Gasteiger partial charge < -0.3 is 23.7 Å². The summed E-state index contributed by atoms with van der Waals surface area (Å²) in [5.74, 6) is 1.74. The highest BCUT2D eigenvalue weighted by Gasteiger charge is 2.72. The lowest BCUT2D eigenvalue weighted by Gasteiger charge is -2.72. The van der Waals surface area contributed by atoms with Crippen molar-refractivity contribution < 1.29 is 28.5 Å². The maximum atomic E-state index is 13.7. The minimum absolute atomic E-state index is 0.0264. The highest BCUT2D eigenvalue weighted by atomic mass is 16.7. The van der Waals surface area contributed by atoms with Gasteiger partial charge in [-0.3, -0.25) is 4.79 Å². The van der Waals surface area contributed by atoms with E-state index in [-0.39, 0.29) is 51.2 Å². The van der Waals surface area contributed by atoms with E-state index in [1.807, 2.05) is 0 Å². The molecular formula is C43H72O6. The molecule has 0 N–H and O–H groups in total. The lowest BCUT2D eigenvalue weighted by molar-refractivity contribution is -0.375.